The van der Waals surface area contributed by atoms with Crippen molar-refractivity contribution in [3.05, 3.63) is 151 Å². The zero-order valence-corrected chi connectivity index (χ0v) is 24.5. The fraction of sp³-hybridized carbons (Fsp3) is 0.0588. The Morgan fingerprint density at radius 3 is 1.05 bits per heavy atom. The summed E-state index contributed by atoms with van der Waals surface area (Å²) in [6.07, 6.45) is 0. The van der Waals surface area contributed by atoms with Crippen LogP contribution in [0.1, 0.15) is 20.7 Å². The molecule has 0 aliphatic rings. The zero-order chi connectivity index (χ0) is 28.6. The van der Waals surface area contributed by atoms with E-state index in [0.29, 0.717) is 0 Å². The molecule has 0 aliphatic heterocycles. The summed E-state index contributed by atoms with van der Waals surface area (Å²) in [5, 5.41) is 4.54. The summed E-state index contributed by atoms with van der Waals surface area (Å²) in [7, 11) is 0.297. The van der Waals surface area contributed by atoms with Crippen LogP contribution in [0.3, 0.4) is 0 Å². The molecule has 0 saturated carbocycles. The Morgan fingerprint density at radius 2 is 0.780 bits per heavy atom. The highest BCUT2D eigenvalue weighted by Gasteiger charge is 2.33. The number of esters is 2. The van der Waals surface area contributed by atoms with Gasteiger partial charge in [-0.05, 0) is 18.2 Å². The molecular weight excluding hydrogens is 548 g/mol. The van der Waals surface area contributed by atoms with E-state index >= 15 is 0 Å². The summed E-state index contributed by atoms with van der Waals surface area (Å²) < 4.78 is 12.6. The molecule has 0 saturated heterocycles. The minimum Gasteiger partial charge on any atom is -0.465 e. The van der Waals surface area contributed by atoms with Crippen LogP contribution in [0.5, 0.6) is 0 Å². The van der Waals surface area contributed by atoms with Crippen LogP contribution in [0.4, 0.5) is 5.69 Å². The lowest BCUT2D eigenvalue weighted by Crippen LogP contribution is -2.32. The Hall–Kier alpha value is -4.30. The third kappa shape index (κ3) is 6.38. The molecule has 0 heterocycles. The summed E-state index contributed by atoms with van der Waals surface area (Å²) in [5.74, 6) is -1.05. The van der Waals surface area contributed by atoms with E-state index in [2.05, 4.69) is 53.0 Å². The van der Waals surface area contributed by atoms with Crippen molar-refractivity contribution in [1.82, 2.24) is 0 Å². The second-order valence-electron chi connectivity index (χ2n) is 9.01. The van der Waals surface area contributed by atoms with Crippen molar-refractivity contribution in [2.75, 3.05) is 18.7 Å². The number of nitrogens with zero attached hydrogens (tertiary/aromatic N) is 1. The predicted octanol–water partition coefficient (Wildman–Crippen LogP) is 6.16. The van der Waals surface area contributed by atoms with Gasteiger partial charge in [-0.3, -0.25) is 0 Å². The molecule has 0 aromatic heterocycles. The Balaban J connectivity index is 1.87. The first kappa shape index (κ1) is 28.2. The summed E-state index contributed by atoms with van der Waals surface area (Å²) >= 11 is 0. The van der Waals surface area contributed by atoms with Gasteiger partial charge in [0.2, 0.25) is 0 Å². The number of rotatable bonds is 9. The number of ether oxygens (including phenoxy) is 2. The van der Waals surface area contributed by atoms with Gasteiger partial charge in [0.25, 0.3) is 0 Å². The molecule has 5 rings (SSSR count). The predicted molar refractivity (Wildman–Crippen MR) is 170 cm³/mol. The molecule has 0 bridgehead atoms. The van der Waals surface area contributed by atoms with Gasteiger partial charge in [-0.15, -0.1) is 0 Å². The zero-order valence-electron chi connectivity index (χ0n) is 22.8. The van der Waals surface area contributed by atoms with Gasteiger partial charge in [0.1, 0.15) is 0 Å². The second-order valence-corrected chi connectivity index (χ2v) is 13.4. The first-order valence-electron chi connectivity index (χ1n) is 13.0. The van der Waals surface area contributed by atoms with Gasteiger partial charge in [0.05, 0.1) is 41.5 Å². The molecule has 0 unspecified atom stereocenters. The highest BCUT2D eigenvalue weighted by molar-refractivity contribution is 7.90. The molecule has 5 aromatic rings. The summed E-state index contributed by atoms with van der Waals surface area (Å²) in [6.45, 7) is 0. The molecule has 5 aromatic carbocycles. The van der Waals surface area contributed by atoms with Crippen LogP contribution in [-0.2, 0) is 9.47 Å². The largest absolute Gasteiger partial charge is 0.465 e. The summed E-state index contributed by atoms with van der Waals surface area (Å²) in [4.78, 5) is 25.8. The molecule has 0 amide bonds. The monoisotopic (exact) mass is 577 g/mol. The molecule has 41 heavy (non-hydrogen) atoms. The molecule has 0 fully saturated rings. The summed E-state index contributed by atoms with van der Waals surface area (Å²) in [5.41, 5.74) is 1.29. The molecule has 0 radical (unpaired) electrons. The van der Waals surface area contributed by atoms with Gasteiger partial charge < -0.3 is 13.9 Å². The number of carbonyl (C=O) groups excluding carboxylic acids is 2. The lowest BCUT2D eigenvalue weighted by molar-refractivity contribution is 0.0599. The third-order valence-electron chi connectivity index (χ3n) is 6.37. The van der Waals surface area contributed by atoms with Crippen molar-refractivity contribution in [2.45, 2.75) is 0 Å². The van der Waals surface area contributed by atoms with Gasteiger partial charge in [-0.25, -0.2) is 9.59 Å². The van der Waals surface area contributed by atoms with E-state index in [-0.39, 0.29) is 11.1 Å². The van der Waals surface area contributed by atoms with Crippen LogP contribution in [0.2, 0.25) is 0 Å². The minimum atomic E-state index is -1.19. The molecule has 0 N–H and O–H groups in total. The van der Waals surface area contributed by atoms with E-state index in [1.54, 1.807) is 0 Å². The van der Waals surface area contributed by atoms with Crippen molar-refractivity contribution in [3.63, 3.8) is 0 Å². The Labute approximate surface area is 243 Å². The maximum absolute atomic E-state index is 12.9. The molecule has 0 spiro atoms. The molecule has 5 nitrogen and oxygen atoms in total. The maximum Gasteiger partial charge on any atom is 0.337 e. The van der Waals surface area contributed by atoms with Crippen molar-refractivity contribution in [2.24, 2.45) is 0 Å². The van der Waals surface area contributed by atoms with E-state index in [1.807, 2.05) is 84.9 Å². The molecule has 7 heteroatoms. The average molecular weight is 578 g/mol. The standard InChI is InChI=1S/C34H29NO4P2/c1-38-33(36)26-23-27(34(37)39-2)25-28(24-26)35(40(29-15-7-3-8-16-29)30-17-9-4-10-18-30)41(31-19-11-5-12-20-31)32-21-13-6-14-22-32/h3-25H,1-2H3. The van der Waals surface area contributed by atoms with E-state index in [4.69, 9.17) is 9.47 Å². The number of anilines is 1. The smallest absolute Gasteiger partial charge is 0.337 e. The Morgan fingerprint density at radius 1 is 0.488 bits per heavy atom. The Kier molecular flexibility index (Phi) is 9.21. The minimum absolute atomic E-state index is 0.280. The highest BCUT2D eigenvalue weighted by atomic mass is 31.2. The first-order chi connectivity index (χ1) is 20.1. The molecular formula is C34H29NO4P2. The van der Waals surface area contributed by atoms with Gasteiger partial charge in [-0.2, -0.15) is 0 Å². The van der Waals surface area contributed by atoms with Crippen molar-refractivity contribution in [3.8, 4) is 0 Å². The molecule has 0 atom stereocenters. The second kappa shape index (κ2) is 13.4. The van der Waals surface area contributed by atoms with E-state index in [1.165, 1.54) is 20.3 Å². The number of hydrogen-bond donors (Lipinski definition) is 0. The van der Waals surface area contributed by atoms with E-state index < -0.39 is 28.1 Å². The third-order valence-corrected chi connectivity index (χ3v) is 11.8. The first-order valence-corrected chi connectivity index (χ1v) is 15.6. The lowest BCUT2D eigenvalue weighted by atomic mass is 10.1. The van der Waals surface area contributed by atoms with Gasteiger partial charge in [0, 0.05) is 26.9 Å². The SMILES string of the molecule is COC(=O)c1cc(C(=O)OC)cc(N(P(c2ccccc2)c2ccccc2)P(c2ccccc2)c2ccccc2)c1. The van der Waals surface area contributed by atoms with Crippen LogP contribution in [0.25, 0.3) is 0 Å². The fourth-order valence-corrected chi connectivity index (χ4v) is 10.5. The number of carbonyl (C=O) groups is 2. The number of methoxy groups -OCH3 is 2. The molecule has 0 aliphatic carbocycles. The Bertz CT molecular complexity index is 1400. The molecule has 204 valence electrons. The van der Waals surface area contributed by atoms with Crippen LogP contribution in [-0.4, -0.2) is 26.2 Å². The van der Waals surface area contributed by atoms with E-state index in [0.717, 1.165) is 26.9 Å². The van der Waals surface area contributed by atoms with Crippen LogP contribution < -0.4 is 25.7 Å². The quantitative estimate of drug-likeness (QED) is 0.155. The van der Waals surface area contributed by atoms with Crippen molar-refractivity contribution >= 4 is 55.0 Å². The average Bonchev–Trinajstić information content (AvgIpc) is 3.05. The van der Waals surface area contributed by atoms with Gasteiger partial charge in [-0.1, -0.05) is 121 Å². The highest BCUT2D eigenvalue weighted by Crippen LogP contribution is 2.57. The van der Waals surface area contributed by atoms with Crippen molar-refractivity contribution < 1.29 is 19.1 Å². The van der Waals surface area contributed by atoms with E-state index in [9.17, 15) is 9.59 Å². The number of benzene rings is 5. The van der Waals surface area contributed by atoms with Crippen LogP contribution >= 0.6 is 16.1 Å². The fourth-order valence-electron chi connectivity index (χ4n) is 4.53. The van der Waals surface area contributed by atoms with Crippen molar-refractivity contribution in [1.29, 1.82) is 0 Å². The topological polar surface area (TPSA) is 55.8 Å². The maximum atomic E-state index is 12.9. The van der Waals surface area contributed by atoms with Crippen LogP contribution in [0.15, 0.2) is 140 Å². The normalized spacial score (nSPS) is 10.8. The summed E-state index contributed by atoms with van der Waals surface area (Å²) in [6, 6.07) is 46.7. The lowest BCUT2D eigenvalue weighted by Gasteiger charge is -2.41. The van der Waals surface area contributed by atoms with Gasteiger partial charge in [0.15, 0.2) is 0 Å². The van der Waals surface area contributed by atoms with Crippen LogP contribution in [0, 0.1) is 0 Å². The number of hydrogen-bond acceptors (Lipinski definition) is 5. The van der Waals surface area contributed by atoms with Gasteiger partial charge >= 0.3 is 11.9 Å².